The Balaban J connectivity index is 2.48. The van der Waals surface area contributed by atoms with Crippen molar-refractivity contribution < 1.29 is 19.4 Å². The lowest BCUT2D eigenvalue weighted by atomic mass is 10.3. The van der Waals surface area contributed by atoms with Crippen molar-refractivity contribution in [3.8, 4) is 5.75 Å². The number of benzene rings is 1. The lowest BCUT2D eigenvalue weighted by Gasteiger charge is -2.16. The highest BCUT2D eigenvalue weighted by Gasteiger charge is 2.10. The molecule has 0 saturated heterocycles. The van der Waals surface area contributed by atoms with E-state index in [0.717, 1.165) is 0 Å². The van der Waals surface area contributed by atoms with Gasteiger partial charge in [-0.25, -0.2) is 0 Å². The second-order valence-corrected chi connectivity index (χ2v) is 4.13. The normalized spacial score (nSPS) is 10.3. The Morgan fingerprint density at radius 2 is 2.05 bits per heavy atom. The fraction of sp³-hybridized carbons (Fsp3) is 0.385. The van der Waals surface area contributed by atoms with Gasteiger partial charge in [-0.15, -0.1) is 0 Å². The molecule has 1 aromatic rings. The van der Waals surface area contributed by atoms with E-state index in [1.807, 2.05) is 6.07 Å². The van der Waals surface area contributed by atoms with Crippen molar-refractivity contribution in [2.24, 2.45) is 0 Å². The van der Waals surface area contributed by atoms with Gasteiger partial charge in [-0.3, -0.25) is 14.5 Å². The Kier molecular flexibility index (Phi) is 5.81. The van der Waals surface area contributed by atoms with E-state index in [4.69, 9.17) is 9.84 Å². The quantitative estimate of drug-likeness (QED) is 0.771. The second kappa shape index (κ2) is 7.38. The van der Waals surface area contributed by atoms with Crippen LogP contribution in [0, 0.1) is 0 Å². The molecule has 0 aliphatic rings. The van der Waals surface area contributed by atoms with E-state index >= 15 is 0 Å². The number of hydrogen-bond donors (Lipinski definition) is 2. The van der Waals surface area contributed by atoms with Gasteiger partial charge in [0.15, 0.2) is 0 Å². The van der Waals surface area contributed by atoms with Crippen LogP contribution in [0.1, 0.15) is 6.42 Å². The molecule has 1 aromatic carbocycles. The molecule has 1 rings (SSSR count). The predicted octanol–water partition coefficient (Wildman–Crippen LogP) is 1.04. The molecule has 0 saturated carbocycles. The molecule has 0 aromatic heterocycles. The van der Waals surface area contributed by atoms with Crippen LogP contribution in [0.3, 0.4) is 0 Å². The van der Waals surface area contributed by atoms with Gasteiger partial charge in [0.25, 0.3) is 0 Å². The first kappa shape index (κ1) is 15.0. The molecule has 0 fully saturated rings. The van der Waals surface area contributed by atoms with Crippen molar-refractivity contribution in [1.29, 1.82) is 0 Å². The largest absolute Gasteiger partial charge is 0.495 e. The van der Waals surface area contributed by atoms with Gasteiger partial charge in [-0.05, 0) is 19.2 Å². The highest BCUT2D eigenvalue weighted by atomic mass is 16.5. The third-order valence-electron chi connectivity index (χ3n) is 2.50. The first-order valence-electron chi connectivity index (χ1n) is 5.86. The summed E-state index contributed by atoms with van der Waals surface area (Å²) in [6, 6.07) is 7.11. The first-order valence-corrected chi connectivity index (χ1v) is 5.86. The van der Waals surface area contributed by atoms with E-state index in [2.05, 4.69) is 5.32 Å². The molecule has 6 nitrogen and oxygen atoms in total. The molecule has 2 N–H and O–H groups in total. The summed E-state index contributed by atoms with van der Waals surface area (Å²) in [7, 11) is 3.23. The average molecular weight is 266 g/mol. The van der Waals surface area contributed by atoms with Gasteiger partial charge < -0.3 is 15.2 Å². The van der Waals surface area contributed by atoms with Crippen molar-refractivity contribution in [3.63, 3.8) is 0 Å². The zero-order valence-electron chi connectivity index (χ0n) is 11.0. The number of nitrogens with one attached hydrogen (secondary N) is 1. The van der Waals surface area contributed by atoms with Crippen molar-refractivity contribution in [2.75, 3.05) is 32.6 Å². The van der Waals surface area contributed by atoms with Gasteiger partial charge >= 0.3 is 5.97 Å². The van der Waals surface area contributed by atoms with Crippen LogP contribution in [0.2, 0.25) is 0 Å². The van der Waals surface area contributed by atoms with E-state index < -0.39 is 5.97 Å². The summed E-state index contributed by atoms with van der Waals surface area (Å²) in [5.41, 5.74) is 0.599. The number of rotatable bonds is 7. The lowest BCUT2D eigenvalue weighted by Crippen LogP contribution is -2.31. The SMILES string of the molecule is COc1ccccc1NC(=O)CN(C)CCC(=O)O. The number of para-hydroxylation sites is 2. The molecule has 0 radical (unpaired) electrons. The van der Waals surface area contributed by atoms with E-state index in [-0.39, 0.29) is 18.9 Å². The van der Waals surface area contributed by atoms with Gasteiger partial charge in [0.2, 0.25) is 5.91 Å². The Hall–Kier alpha value is -2.08. The number of amides is 1. The van der Waals surface area contributed by atoms with E-state index in [1.165, 1.54) is 7.11 Å². The zero-order valence-corrected chi connectivity index (χ0v) is 11.0. The van der Waals surface area contributed by atoms with Gasteiger partial charge in [0, 0.05) is 6.54 Å². The van der Waals surface area contributed by atoms with Crippen molar-refractivity contribution >= 4 is 17.6 Å². The maximum absolute atomic E-state index is 11.8. The highest BCUT2D eigenvalue weighted by Crippen LogP contribution is 2.22. The Bertz CT molecular complexity index is 448. The number of carbonyl (C=O) groups is 2. The number of ether oxygens (including phenoxy) is 1. The summed E-state index contributed by atoms with van der Waals surface area (Å²) < 4.78 is 5.12. The summed E-state index contributed by atoms with van der Waals surface area (Å²) in [6.07, 6.45) is 0.0123. The van der Waals surface area contributed by atoms with Crippen molar-refractivity contribution in [3.05, 3.63) is 24.3 Å². The third-order valence-corrected chi connectivity index (χ3v) is 2.50. The molecule has 6 heteroatoms. The maximum atomic E-state index is 11.8. The minimum absolute atomic E-state index is 0.0123. The maximum Gasteiger partial charge on any atom is 0.304 e. The minimum atomic E-state index is -0.878. The van der Waals surface area contributed by atoms with E-state index in [0.29, 0.717) is 18.0 Å². The van der Waals surface area contributed by atoms with Crippen molar-refractivity contribution in [1.82, 2.24) is 4.90 Å². The monoisotopic (exact) mass is 266 g/mol. The molecule has 104 valence electrons. The van der Waals surface area contributed by atoms with Gasteiger partial charge in [-0.1, -0.05) is 12.1 Å². The summed E-state index contributed by atoms with van der Waals surface area (Å²) >= 11 is 0. The van der Waals surface area contributed by atoms with Gasteiger partial charge in [-0.2, -0.15) is 0 Å². The second-order valence-electron chi connectivity index (χ2n) is 4.13. The van der Waals surface area contributed by atoms with Crippen molar-refractivity contribution in [2.45, 2.75) is 6.42 Å². The van der Waals surface area contributed by atoms with Crippen LogP contribution < -0.4 is 10.1 Å². The number of methoxy groups -OCH3 is 1. The van der Waals surface area contributed by atoms with Crippen LogP contribution >= 0.6 is 0 Å². The average Bonchev–Trinajstić information content (AvgIpc) is 2.37. The number of aliphatic carboxylic acids is 1. The molecule has 0 atom stereocenters. The summed E-state index contributed by atoms with van der Waals surface area (Å²) in [6.45, 7) is 0.458. The van der Waals surface area contributed by atoms with Crippen LogP contribution in [-0.2, 0) is 9.59 Å². The molecule has 0 aliphatic heterocycles. The molecule has 0 bridgehead atoms. The number of hydrogen-bond acceptors (Lipinski definition) is 4. The van der Waals surface area contributed by atoms with Gasteiger partial charge in [0.1, 0.15) is 5.75 Å². The Labute approximate surface area is 112 Å². The number of anilines is 1. The fourth-order valence-electron chi connectivity index (χ4n) is 1.55. The van der Waals surface area contributed by atoms with Crippen LogP contribution in [0.25, 0.3) is 0 Å². The predicted molar refractivity (Wildman–Crippen MR) is 71.4 cm³/mol. The Morgan fingerprint density at radius 1 is 1.37 bits per heavy atom. The van der Waals surface area contributed by atoms with Crippen LogP contribution in [0.4, 0.5) is 5.69 Å². The number of carbonyl (C=O) groups excluding carboxylic acids is 1. The Morgan fingerprint density at radius 3 is 2.68 bits per heavy atom. The number of carboxylic acids is 1. The molecular formula is C13H18N2O4. The standard InChI is InChI=1S/C13H18N2O4/c1-15(8-7-13(17)18)9-12(16)14-10-5-3-4-6-11(10)19-2/h3-6H,7-9H2,1-2H3,(H,14,16)(H,17,18). The van der Waals surface area contributed by atoms with E-state index in [9.17, 15) is 9.59 Å². The van der Waals surface area contributed by atoms with Crippen LogP contribution in [0.5, 0.6) is 5.75 Å². The lowest BCUT2D eigenvalue weighted by molar-refractivity contribution is -0.137. The first-order chi connectivity index (χ1) is 9.02. The number of nitrogens with zero attached hydrogens (tertiary/aromatic N) is 1. The molecule has 0 heterocycles. The molecule has 0 spiro atoms. The molecule has 19 heavy (non-hydrogen) atoms. The van der Waals surface area contributed by atoms with E-state index in [1.54, 1.807) is 30.1 Å². The molecule has 0 aliphatic carbocycles. The zero-order chi connectivity index (χ0) is 14.3. The topological polar surface area (TPSA) is 78.9 Å². The summed E-state index contributed by atoms with van der Waals surface area (Å²) in [5.74, 6) is -0.501. The molecular weight excluding hydrogens is 248 g/mol. The third kappa shape index (κ3) is 5.39. The smallest absolute Gasteiger partial charge is 0.304 e. The highest BCUT2D eigenvalue weighted by molar-refractivity contribution is 5.93. The fourth-order valence-corrected chi connectivity index (χ4v) is 1.55. The number of likely N-dealkylation sites (N-methyl/N-ethyl adjacent to an activating group) is 1. The minimum Gasteiger partial charge on any atom is -0.495 e. The molecule has 1 amide bonds. The van der Waals surface area contributed by atoms with Gasteiger partial charge in [0.05, 0.1) is 25.8 Å². The van der Waals surface area contributed by atoms with Crippen LogP contribution in [0.15, 0.2) is 24.3 Å². The number of carboxylic acid groups (broad SMARTS) is 1. The summed E-state index contributed by atoms with van der Waals surface area (Å²) in [4.78, 5) is 23.9. The molecule has 0 unspecified atom stereocenters. The summed E-state index contributed by atoms with van der Waals surface area (Å²) in [5, 5.41) is 11.3. The van der Waals surface area contributed by atoms with Crippen LogP contribution in [-0.4, -0.2) is 49.1 Å².